The Morgan fingerprint density at radius 1 is 1.39 bits per heavy atom. The Morgan fingerprint density at radius 2 is 2.06 bits per heavy atom. The van der Waals surface area contributed by atoms with Crippen LogP contribution in [0.3, 0.4) is 0 Å². The molecule has 0 aliphatic carbocycles. The molecule has 0 aliphatic heterocycles. The standard InChI is InChI=1S/C14H21NO2S/c1-5-6-12-7-11(14(16)17)8-13(15-12)18-10(4)9(2)3/h7-10H,5-6H2,1-4H3,(H,16,17). The van der Waals surface area contributed by atoms with Gasteiger partial charge in [-0.2, -0.15) is 0 Å². The van der Waals surface area contributed by atoms with Gasteiger partial charge in [-0.15, -0.1) is 11.8 Å². The Bertz CT molecular complexity index is 418. The first kappa shape index (κ1) is 15.0. The zero-order valence-corrected chi connectivity index (χ0v) is 12.3. The van der Waals surface area contributed by atoms with Crippen LogP contribution in [0, 0.1) is 5.92 Å². The average Bonchev–Trinajstić information content (AvgIpc) is 2.28. The molecule has 0 bridgehead atoms. The number of pyridine rings is 1. The Hall–Kier alpha value is -1.03. The van der Waals surface area contributed by atoms with Gasteiger partial charge in [-0.3, -0.25) is 0 Å². The van der Waals surface area contributed by atoms with Gasteiger partial charge in [0.15, 0.2) is 0 Å². The first-order valence-electron chi connectivity index (χ1n) is 6.35. The molecule has 4 heteroatoms. The molecule has 1 rings (SSSR count). The van der Waals surface area contributed by atoms with Gasteiger partial charge in [0, 0.05) is 10.9 Å². The number of carboxylic acid groups (broad SMARTS) is 1. The minimum Gasteiger partial charge on any atom is -0.478 e. The molecule has 0 saturated heterocycles. The van der Waals surface area contributed by atoms with E-state index in [0.717, 1.165) is 23.6 Å². The molecule has 18 heavy (non-hydrogen) atoms. The molecule has 1 heterocycles. The van der Waals surface area contributed by atoms with Crippen molar-refractivity contribution in [2.24, 2.45) is 5.92 Å². The second-order valence-corrected chi connectivity index (χ2v) is 6.21. The predicted octanol–water partition coefficient (Wildman–Crippen LogP) is 3.87. The Morgan fingerprint density at radius 3 is 2.56 bits per heavy atom. The third-order valence-corrected chi connectivity index (χ3v) is 4.22. The average molecular weight is 267 g/mol. The number of aromatic carboxylic acids is 1. The molecule has 0 amide bonds. The van der Waals surface area contributed by atoms with Gasteiger partial charge in [-0.05, 0) is 24.5 Å². The zero-order chi connectivity index (χ0) is 13.7. The molecule has 0 aromatic carbocycles. The number of thioether (sulfide) groups is 1. The van der Waals surface area contributed by atoms with E-state index in [-0.39, 0.29) is 0 Å². The lowest BCUT2D eigenvalue weighted by atomic mass is 10.1. The fourth-order valence-corrected chi connectivity index (χ4v) is 2.47. The van der Waals surface area contributed by atoms with Crippen LogP contribution >= 0.6 is 11.8 Å². The largest absolute Gasteiger partial charge is 0.478 e. The van der Waals surface area contributed by atoms with E-state index >= 15 is 0 Å². The summed E-state index contributed by atoms with van der Waals surface area (Å²) in [6.45, 7) is 8.53. The van der Waals surface area contributed by atoms with Crippen LogP contribution < -0.4 is 0 Å². The summed E-state index contributed by atoms with van der Waals surface area (Å²) in [4.78, 5) is 15.6. The molecule has 1 aromatic rings. The maximum Gasteiger partial charge on any atom is 0.335 e. The fourth-order valence-electron chi connectivity index (χ4n) is 1.45. The molecule has 0 spiro atoms. The van der Waals surface area contributed by atoms with Crippen molar-refractivity contribution in [3.05, 3.63) is 23.4 Å². The maximum atomic E-state index is 11.1. The number of aromatic nitrogens is 1. The van der Waals surface area contributed by atoms with E-state index in [4.69, 9.17) is 5.11 Å². The molecule has 1 aromatic heterocycles. The summed E-state index contributed by atoms with van der Waals surface area (Å²) in [6.07, 6.45) is 1.80. The normalized spacial score (nSPS) is 12.7. The van der Waals surface area contributed by atoms with E-state index in [1.165, 1.54) is 0 Å². The summed E-state index contributed by atoms with van der Waals surface area (Å²) in [6, 6.07) is 3.35. The van der Waals surface area contributed by atoms with Crippen molar-refractivity contribution < 1.29 is 9.90 Å². The minimum atomic E-state index is -0.881. The monoisotopic (exact) mass is 267 g/mol. The quantitative estimate of drug-likeness (QED) is 0.795. The summed E-state index contributed by atoms with van der Waals surface area (Å²) >= 11 is 1.65. The predicted molar refractivity (Wildman–Crippen MR) is 75.3 cm³/mol. The Labute approximate surface area is 113 Å². The minimum absolute atomic E-state index is 0.340. The van der Waals surface area contributed by atoms with Crippen molar-refractivity contribution >= 4 is 17.7 Å². The molecule has 0 radical (unpaired) electrons. The van der Waals surface area contributed by atoms with Crippen molar-refractivity contribution in [3.8, 4) is 0 Å². The van der Waals surface area contributed by atoms with Gasteiger partial charge in [-0.1, -0.05) is 34.1 Å². The van der Waals surface area contributed by atoms with E-state index in [2.05, 4.69) is 32.7 Å². The second kappa shape index (κ2) is 6.78. The third-order valence-electron chi connectivity index (χ3n) is 2.85. The lowest BCUT2D eigenvalue weighted by Crippen LogP contribution is -2.07. The van der Waals surface area contributed by atoms with Gasteiger partial charge >= 0.3 is 5.97 Å². The smallest absolute Gasteiger partial charge is 0.335 e. The lowest BCUT2D eigenvalue weighted by Gasteiger charge is -2.15. The van der Waals surface area contributed by atoms with Gasteiger partial charge in [0.2, 0.25) is 0 Å². The van der Waals surface area contributed by atoms with Crippen molar-refractivity contribution in [1.29, 1.82) is 0 Å². The summed E-state index contributed by atoms with van der Waals surface area (Å²) in [5.74, 6) is -0.339. The molecule has 0 fully saturated rings. The second-order valence-electron chi connectivity index (χ2n) is 4.81. The summed E-state index contributed by atoms with van der Waals surface area (Å²) < 4.78 is 0. The summed E-state index contributed by atoms with van der Waals surface area (Å²) in [5.41, 5.74) is 1.21. The van der Waals surface area contributed by atoms with Gasteiger partial charge in [0.25, 0.3) is 0 Å². The number of carboxylic acids is 1. The van der Waals surface area contributed by atoms with Gasteiger partial charge in [0.05, 0.1) is 10.6 Å². The van der Waals surface area contributed by atoms with E-state index in [1.54, 1.807) is 23.9 Å². The molecule has 1 N–H and O–H groups in total. The highest BCUT2D eigenvalue weighted by Gasteiger charge is 2.13. The SMILES string of the molecule is CCCc1cc(C(=O)O)cc(SC(C)C(C)C)n1. The van der Waals surface area contributed by atoms with Crippen molar-refractivity contribution in [2.45, 2.75) is 50.8 Å². The molecule has 0 saturated carbocycles. The lowest BCUT2D eigenvalue weighted by molar-refractivity contribution is 0.0696. The Balaban J connectivity index is 2.99. The van der Waals surface area contributed by atoms with Gasteiger partial charge < -0.3 is 5.11 Å². The zero-order valence-electron chi connectivity index (χ0n) is 11.4. The number of nitrogens with zero attached hydrogens (tertiary/aromatic N) is 1. The van der Waals surface area contributed by atoms with Gasteiger partial charge in [0.1, 0.15) is 0 Å². The summed E-state index contributed by atoms with van der Waals surface area (Å²) in [5, 5.41) is 10.4. The van der Waals surface area contributed by atoms with Gasteiger partial charge in [-0.25, -0.2) is 9.78 Å². The number of hydrogen-bond acceptors (Lipinski definition) is 3. The van der Waals surface area contributed by atoms with Crippen molar-refractivity contribution in [2.75, 3.05) is 0 Å². The van der Waals surface area contributed by atoms with Crippen LogP contribution in [0.2, 0.25) is 0 Å². The molecule has 3 nitrogen and oxygen atoms in total. The number of carbonyl (C=O) groups is 1. The highest BCUT2D eigenvalue weighted by molar-refractivity contribution is 7.99. The third kappa shape index (κ3) is 4.33. The van der Waals surface area contributed by atoms with Crippen LogP contribution in [0.15, 0.2) is 17.2 Å². The van der Waals surface area contributed by atoms with Crippen LogP contribution in [0.5, 0.6) is 0 Å². The maximum absolute atomic E-state index is 11.1. The first-order valence-corrected chi connectivity index (χ1v) is 7.23. The highest BCUT2D eigenvalue weighted by atomic mass is 32.2. The first-order chi connectivity index (χ1) is 8.43. The van der Waals surface area contributed by atoms with E-state index in [0.29, 0.717) is 16.7 Å². The number of aryl methyl sites for hydroxylation is 1. The molecule has 100 valence electrons. The van der Waals surface area contributed by atoms with Crippen LogP contribution in [-0.2, 0) is 6.42 Å². The Kier molecular flexibility index (Phi) is 5.66. The van der Waals surface area contributed by atoms with E-state index in [1.807, 2.05) is 0 Å². The van der Waals surface area contributed by atoms with Crippen molar-refractivity contribution in [3.63, 3.8) is 0 Å². The topological polar surface area (TPSA) is 50.2 Å². The highest BCUT2D eigenvalue weighted by Crippen LogP contribution is 2.27. The number of rotatable bonds is 6. The molecule has 1 unspecified atom stereocenters. The number of hydrogen-bond donors (Lipinski definition) is 1. The fraction of sp³-hybridized carbons (Fsp3) is 0.571. The van der Waals surface area contributed by atoms with E-state index in [9.17, 15) is 4.79 Å². The molecular formula is C14H21NO2S. The van der Waals surface area contributed by atoms with Crippen molar-refractivity contribution in [1.82, 2.24) is 4.98 Å². The molecular weight excluding hydrogens is 246 g/mol. The summed E-state index contributed by atoms with van der Waals surface area (Å²) in [7, 11) is 0. The van der Waals surface area contributed by atoms with Crippen LogP contribution in [0.4, 0.5) is 0 Å². The van der Waals surface area contributed by atoms with Crippen LogP contribution in [0.1, 0.15) is 50.2 Å². The molecule has 0 aliphatic rings. The van der Waals surface area contributed by atoms with Crippen LogP contribution in [0.25, 0.3) is 0 Å². The van der Waals surface area contributed by atoms with E-state index < -0.39 is 5.97 Å². The van der Waals surface area contributed by atoms with Crippen LogP contribution in [-0.4, -0.2) is 21.3 Å². The molecule has 1 atom stereocenters.